The molecule has 1 aliphatic rings. The Labute approximate surface area is 182 Å². The summed E-state index contributed by atoms with van der Waals surface area (Å²) in [6.45, 7) is 6.52. The number of piperazine rings is 1. The summed E-state index contributed by atoms with van der Waals surface area (Å²) in [6.07, 6.45) is 1.64. The van der Waals surface area contributed by atoms with Crippen LogP contribution in [0.25, 0.3) is 0 Å². The first-order chi connectivity index (χ1) is 14.4. The predicted molar refractivity (Wildman–Crippen MR) is 117 cm³/mol. The van der Waals surface area contributed by atoms with Crippen molar-refractivity contribution in [1.29, 1.82) is 0 Å². The Morgan fingerprint density at radius 3 is 2.50 bits per heavy atom. The molecule has 0 spiro atoms. The molecular weight excluding hydrogens is 406 g/mol. The number of anilines is 1. The Kier molecular flexibility index (Phi) is 7.91. The van der Waals surface area contributed by atoms with Crippen molar-refractivity contribution in [1.82, 2.24) is 9.88 Å². The van der Waals surface area contributed by atoms with Crippen molar-refractivity contribution in [2.75, 3.05) is 57.9 Å². The monoisotopic (exact) mass is 435 g/mol. The summed E-state index contributed by atoms with van der Waals surface area (Å²) in [6, 6.07) is 9.33. The van der Waals surface area contributed by atoms with E-state index in [0.717, 1.165) is 43.2 Å². The molecule has 8 heteroatoms. The van der Waals surface area contributed by atoms with Crippen LogP contribution in [-0.4, -0.2) is 73.1 Å². The second-order valence-corrected chi connectivity index (χ2v) is 8.10. The van der Waals surface area contributed by atoms with E-state index < -0.39 is 5.60 Å². The smallest absolute Gasteiger partial charge is 0.121 e. The van der Waals surface area contributed by atoms with Gasteiger partial charge in [-0.2, -0.15) is 0 Å². The van der Waals surface area contributed by atoms with Crippen LogP contribution in [0.15, 0.2) is 36.5 Å². The highest BCUT2D eigenvalue weighted by molar-refractivity contribution is 6.33. The Morgan fingerprint density at radius 1 is 1.13 bits per heavy atom. The number of β-amino-alcohol motifs (C(OH)–C–C–N with tert-alkyl or cyclic N) is 1. The summed E-state index contributed by atoms with van der Waals surface area (Å²) in [5.74, 6) is 0.733. The van der Waals surface area contributed by atoms with Crippen molar-refractivity contribution in [3.8, 4) is 5.75 Å². The van der Waals surface area contributed by atoms with Gasteiger partial charge in [-0.25, -0.2) is 0 Å². The van der Waals surface area contributed by atoms with E-state index in [2.05, 4.69) is 14.8 Å². The topological polar surface area (TPSA) is 78.3 Å². The van der Waals surface area contributed by atoms with Crippen LogP contribution in [-0.2, 0) is 16.9 Å². The minimum Gasteiger partial charge on any atom is -0.491 e. The first-order valence-corrected chi connectivity index (χ1v) is 10.5. The van der Waals surface area contributed by atoms with E-state index in [9.17, 15) is 5.11 Å². The molecule has 0 amide bonds. The number of aromatic nitrogens is 1. The number of halogens is 1. The first kappa shape index (κ1) is 22.8. The van der Waals surface area contributed by atoms with Gasteiger partial charge in [0.2, 0.25) is 0 Å². The molecule has 164 valence electrons. The maximum atomic E-state index is 10.9. The standard InChI is InChI=1S/C22H30ClN3O4/c1-22(28,17-3-4-18(15-27)24-14-17)16-25-7-9-26(10-8-25)21-6-5-19(13-20(21)23)30-12-11-29-2/h3-6,13-14,27-28H,7-12,15-16H2,1-2H3/t22-/m1/s1. The van der Waals surface area contributed by atoms with Gasteiger partial charge in [-0.1, -0.05) is 17.7 Å². The molecule has 1 atom stereocenters. The van der Waals surface area contributed by atoms with Gasteiger partial charge >= 0.3 is 0 Å². The van der Waals surface area contributed by atoms with Crippen LogP contribution in [0.4, 0.5) is 5.69 Å². The van der Waals surface area contributed by atoms with Gasteiger partial charge in [0.25, 0.3) is 0 Å². The second kappa shape index (κ2) is 10.4. The highest BCUT2D eigenvalue weighted by atomic mass is 35.5. The molecule has 1 saturated heterocycles. The van der Waals surface area contributed by atoms with Crippen LogP contribution < -0.4 is 9.64 Å². The number of rotatable bonds is 9. The van der Waals surface area contributed by atoms with E-state index >= 15 is 0 Å². The van der Waals surface area contributed by atoms with Crippen LogP contribution in [0.5, 0.6) is 5.75 Å². The summed E-state index contributed by atoms with van der Waals surface area (Å²) in [5, 5.41) is 20.7. The third-order valence-electron chi connectivity index (χ3n) is 5.33. The van der Waals surface area contributed by atoms with Crippen LogP contribution in [0, 0.1) is 0 Å². The normalized spacial score (nSPS) is 17.0. The SMILES string of the molecule is COCCOc1ccc(N2CCN(C[C@@](C)(O)c3ccc(CO)nc3)CC2)c(Cl)c1. The molecule has 1 aromatic heterocycles. The Morgan fingerprint density at radius 2 is 1.90 bits per heavy atom. The summed E-state index contributed by atoms with van der Waals surface area (Å²) in [5.41, 5.74) is 1.32. The van der Waals surface area contributed by atoms with Crippen molar-refractivity contribution in [2.45, 2.75) is 19.1 Å². The number of ether oxygens (including phenoxy) is 2. The molecule has 1 aliphatic heterocycles. The fourth-order valence-electron chi connectivity index (χ4n) is 3.59. The molecule has 0 aliphatic carbocycles. The van der Waals surface area contributed by atoms with Crippen LogP contribution in [0.3, 0.4) is 0 Å². The molecule has 30 heavy (non-hydrogen) atoms. The van der Waals surface area contributed by atoms with E-state index in [1.807, 2.05) is 24.3 Å². The lowest BCUT2D eigenvalue weighted by atomic mass is 9.96. The third-order valence-corrected chi connectivity index (χ3v) is 5.63. The van der Waals surface area contributed by atoms with E-state index in [4.69, 9.17) is 26.2 Å². The number of pyridine rings is 1. The molecular formula is C22H30ClN3O4. The second-order valence-electron chi connectivity index (χ2n) is 7.69. The number of benzene rings is 1. The van der Waals surface area contributed by atoms with Gasteiger partial charge in [-0.15, -0.1) is 0 Å². The quantitative estimate of drug-likeness (QED) is 0.585. The van der Waals surface area contributed by atoms with Gasteiger partial charge < -0.3 is 24.6 Å². The number of aliphatic hydroxyl groups is 2. The number of aliphatic hydroxyl groups excluding tert-OH is 1. The van der Waals surface area contributed by atoms with Gasteiger partial charge in [-0.3, -0.25) is 9.88 Å². The van der Waals surface area contributed by atoms with Crippen LogP contribution in [0.1, 0.15) is 18.2 Å². The van der Waals surface area contributed by atoms with Crippen LogP contribution >= 0.6 is 11.6 Å². The zero-order chi connectivity index (χ0) is 21.6. The first-order valence-electron chi connectivity index (χ1n) is 10.1. The van der Waals surface area contributed by atoms with Crippen molar-refractivity contribution in [3.05, 3.63) is 52.8 Å². The fourth-order valence-corrected chi connectivity index (χ4v) is 3.88. The van der Waals surface area contributed by atoms with Gasteiger partial charge in [-0.05, 0) is 25.1 Å². The maximum absolute atomic E-state index is 10.9. The number of hydrogen-bond donors (Lipinski definition) is 2. The predicted octanol–water partition coefficient (Wildman–Crippen LogP) is 2.28. The number of methoxy groups -OCH3 is 1. The maximum Gasteiger partial charge on any atom is 0.121 e. The lowest BCUT2D eigenvalue weighted by molar-refractivity contribution is 0.0140. The van der Waals surface area contributed by atoms with Gasteiger partial charge in [0, 0.05) is 57.7 Å². The molecule has 7 nitrogen and oxygen atoms in total. The number of nitrogens with zero attached hydrogens (tertiary/aromatic N) is 3. The van der Waals surface area contributed by atoms with Crippen molar-refractivity contribution in [2.24, 2.45) is 0 Å². The van der Waals surface area contributed by atoms with Gasteiger partial charge in [0.1, 0.15) is 18.0 Å². The lowest BCUT2D eigenvalue weighted by Gasteiger charge is -2.39. The Hall–Kier alpha value is -1.90. The fraction of sp³-hybridized carbons (Fsp3) is 0.500. The molecule has 3 rings (SSSR count). The van der Waals surface area contributed by atoms with Gasteiger partial charge in [0.05, 0.1) is 29.6 Å². The minimum atomic E-state index is -1.01. The average molecular weight is 436 g/mol. The molecule has 0 radical (unpaired) electrons. The zero-order valence-electron chi connectivity index (χ0n) is 17.6. The van der Waals surface area contributed by atoms with E-state index in [1.54, 1.807) is 26.3 Å². The molecule has 0 bridgehead atoms. The summed E-state index contributed by atoms with van der Waals surface area (Å²) < 4.78 is 10.6. The molecule has 1 aromatic carbocycles. The van der Waals surface area contributed by atoms with Gasteiger partial charge in [0.15, 0.2) is 0 Å². The highest BCUT2D eigenvalue weighted by Crippen LogP contribution is 2.31. The lowest BCUT2D eigenvalue weighted by Crippen LogP contribution is -2.50. The molecule has 0 unspecified atom stereocenters. The molecule has 2 aromatic rings. The summed E-state index contributed by atoms with van der Waals surface area (Å²) in [7, 11) is 1.64. The summed E-state index contributed by atoms with van der Waals surface area (Å²) in [4.78, 5) is 8.68. The van der Waals surface area contributed by atoms with E-state index in [0.29, 0.717) is 30.5 Å². The molecule has 1 fully saturated rings. The summed E-state index contributed by atoms with van der Waals surface area (Å²) >= 11 is 6.49. The zero-order valence-corrected chi connectivity index (χ0v) is 18.3. The number of hydrogen-bond acceptors (Lipinski definition) is 7. The molecule has 2 N–H and O–H groups in total. The van der Waals surface area contributed by atoms with E-state index in [-0.39, 0.29) is 6.61 Å². The van der Waals surface area contributed by atoms with E-state index in [1.165, 1.54) is 0 Å². The van der Waals surface area contributed by atoms with Crippen molar-refractivity contribution < 1.29 is 19.7 Å². The average Bonchev–Trinajstić information content (AvgIpc) is 2.75. The minimum absolute atomic E-state index is 0.104. The Bertz CT molecular complexity index is 809. The van der Waals surface area contributed by atoms with Crippen molar-refractivity contribution in [3.63, 3.8) is 0 Å². The third kappa shape index (κ3) is 5.83. The Balaban J connectivity index is 1.55. The molecule has 0 saturated carbocycles. The largest absolute Gasteiger partial charge is 0.491 e. The molecule has 2 heterocycles. The van der Waals surface area contributed by atoms with Crippen molar-refractivity contribution >= 4 is 17.3 Å². The highest BCUT2D eigenvalue weighted by Gasteiger charge is 2.29. The van der Waals surface area contributed by atoms with Crippen LogP contribution in [0.2, 0.25) is 5.02 Å².